The van der Waals surface area contributed by atoms with E-state index in [0.29, 0.717) is 23.5 Å². The minimum absolute atomic E-state index is 0.149. The van der Waals surface area contributed by atoms with E-state index in [-0.39, 0.29) is 22.4 Å². The van der Waals surface area contributed by atoms with Gasteiger partial charge in [-0.15, -0.1) is 0 Å². The Morgan fingerprint density at radius 2 is 1.52 bits per heavy atom. The number of aryl methyl sites for hydroxylation is 1. The summed E-state index contributed by atoms with van der Waals surface area (Å²) in [5.41, 5.74) is 1.43. The first kappa shape index (κ1) is 18.3. The molecule has 6 nitrogen and oxygen atoms in total. The third-order valence-electron chi connectivity index (χ3n) is 3.80. The number of rotatable bonds is 7. The molecular weight excluding hydrogens is 324 g/mol. The Balaban J connectivity index is 2.73. The SMILES string of the molecule is COc1cc(OC)c(C=O)c(C(=O)c2cc(C)cc(OC)c2OC)c1. The predicted molar refractivity (Wildman–Crippen MR) is 92.6 cm³/mol. The third-order valence-corrected chi connectivity index (χ3v) is 3.80. The molecule has 2 rings (SSSR count). The van der Waals surface area contributed by atoms with Crippen molar-refractivity contribution in [2.75, 3.05) is 28.4 Å². The summed E-state index contributed by atoms with van der Waals surface area (Å²) in [5, 5.41) is 0. The number of ketones is 1. The standard InChI is InChI=1S/C19H20O6/c1-11-6-14(19(25-5)17(7-11)24-4)18(21)13-8-12(22-2)9-16(23-3)15(13)10-20/h6-10H,1-5H3. The lowest BCUT2D eigenvalue weighted by Gasteiger charge is -2.15. The van der Waals surface area contributed by atoms with E-state index in [0.717, 1.165) is 5.56 Å². The molecule has 0 aliphatic heterocycles. The summed E-state index contributed by atoms with van der Waals surface area (Å²) in [7, 11) is 5.85. The van der Waals surface area contributed by atoms with Crippen molar-refractivity contribution in [1.82, 2.24) is 0 Å². The molecule has 0 atom stereocenters. The van der Waals surface area contributed by atoms with E-state index in [9.17, 15) is 9.59 Å². The van der Waals surface area contributed by atoms with Crippen molar-refractivity contribution in [1.29, 1.82) is 0 Å². The Morgan fingerprint density at radius 1 is 0.840 bits per heavy atom. The van der Waals surface area contributed by atoms with Gasteiger partial charge in [-0.3, -0.25) is 9.59 Å². The summed E-state index contributed by atoms with van der Waals surface area (Å²) in [5.74, 6) is 1.02. The minimum atomic E-state index is -0.391. The molecule has 2 aromatic carbocycles. The molecule has 25 heavy (non-hydrogen) atoms. The molecule has 0 aromatic heterocycles. The second-order valence-corrected chi connectivity index (χ2v) is 5.29. The number of ether oxygens (including phenoxy) is 4. The normalized spacial score (nSPS) is 10.1. The van der Waals surface area contributed by atoms with Gasteiger partial charge in [0.25, 0.3) is 0 Å². The van der Waals surface area contributed by atoms with E-state index < -0.39 is 5.78 Å². The van der Waals surface area contributed by atoms with Crippen molar-refractivity contribution in [2.24, 2.45) is 0 Å². The second-order valence-electron chi connectivity index (χ2n) is 5.29. The first-order chi connectivity index (χ1) is 12.0. The number of carbonyl (C=O) groups excluding carboxylic acids is 2. The van der Waals surface area contributed by atoms with Crippen molar-refractivity contribution in [3.05, 3.63) is 46.5 Å². The third kappa shape index (κ3) is 3.42. The van der Waals surface area contributed by atoms with E-state index in [4.69, 9.17) is 18.9 Å². The summed E-state index contributed by atoms with van der Waals surface area (Å²) in [6, 6.07) is 6.50. The topological polar surface area (TPSA) is 71.1 Å². The Bertz CT molecular complexity index is 810. The average Bonchev–Trinajstić information content (AvgIpc) is 2.65. The molecule has 132 valence electrons. The van der Waals surface area contributed by atoms with Crippen LogP contribution in [0.4, 0.5) is 0 Å². The van der Waals surface area contributed by atoms with Gasteiger partial charge in [0, 0.05) is 11.6 Å². The first-order valence-corrected chi connectivity index (χ1v) is 7.49. The van der Waals surface area contributed by atoms with E-state index in [1.165, 1.54) is 34.5 Å². The molecule has 0 unspecified atom stereocenters. The van der Waals surface area contributed by atoms with Crippen molar-refractivity contribution in [3.8, 4) is 23.0 Å². The Hall–Kier alpha value is -3.02. The van der Waals surface area contributed by atoms with Gasteiger partial charge in [0.1, 0.15) is 11.5 Å². The first-order valence-electron chi connectivity index (χ1n) is 7.49. The highest BCUT2D eigenvalue weighted by atomic mass is 16.5. The molecule has 0 N–H and O–H groups in total. The fourth-order valence-electron chi connectivity index (χ4n) is 2.61. The molecule has 0 radical (unpaired) electrons. The molecular formula is C19H20O6. The van der Waals surface area contributed by atoms with Crippen molar-refractivity contribution < 1.29 is 28.5 Å². The minimum Gasteiger partial charge on any atom is -0.497 e. The van der Waals surface area contributed by atoms with Gasteiger partial charge in [0.2, 0.25) is 0 Å². The maximum absolute atomic E-state index is 13.2. The van der Waals surface area contributed by atoms with Crippen LogP contribution in [0.25, 0.3) is 0 Å². The summed E-state index contributed by atoms with van der Waals surface area (Å²) in [4.78, 5) is 24.7. The highest BCUT2D eigenvalue weighted by Crippen LogP contribution is 2.36. The van der Waals surface area contributed by atoms with Crippen LogP contribution >= 0.6 is 0 Å². The number of aldehydes is 1. The number of hydrogen-bond donors (Lipinski definition) is 0. The van der Waals surface area contributed by atoms with E-state index in [2.05, 4.69) is 0 Å². The molecule has 0 amide bonds. The average molecular weight is 344 g/mol. The molecule has 0 saturated heterocycles. The molecule has 6 heteroatoms. The van der Waals surface area contributed by atoms with Crippen molar-refractivity contribution >= 4 is 12.1 Å². The Morgan fingerprint density at radius 3 is 2.04 bits per heavy atom. The second kappa shape index (κ2) is 7.70. The van der Waals surface area contributed by atoms with Crippen LogP contribution in [0, 0.1) is 6.92 Å². The van der Waals surface area contributed by atoms with Crippen LogP contribution in [0.3, 0.4) is 0 Å². The van der Waals surface area contributed by atoms with Crippen LogP contribution in [0.15, 0.2) is 24.3 Å². The van der Waals surface area contributed by atoms with E-state index in [1.54, 1.807) is 18.2 Å². The van der Waals surface area contributed by atoms with Gasteiger partial charge in [-0.2, -0.15) is 0 Å². The summed E-state index contributed by atoms with van der Waals surface area (Å²) < 4.78 is 21.1. The molecule has 0 spiro atoms. The summed E-state index contributed by atoms with van der Waals surface area (Å²) >= 11 is 0. The quantitative estimate of drug-likeness (QED) is 0.568. The van der Waals surface area contributed by atoms with E-state index >= 15 is 0 Å². The molecule has 0 saturated carbocycles. The van der Waals surface area contributed by atoms with Crippen LogP contribution in [0.1, 0.15) is 31.8 Å². The van der Waals surface area contributed by atoms with Crippen LogP contribution in [0.2, 0.25) is 0 Å². The van der Waals surface area contributed by atoms with Gasteiger partial charge >= 0.3 is 0 Å². The highest BCUT2D eigenvalue weighted by Gasteiger charge is 2.24. The van der Waals surface area contributed by atoms with Gasteiger partial charge in [-0.1, -0.05) is 0 Å². The van der Waals surface area contributed by atoms with Crippen LogP contribution in [-0.2, 0) is 0 Å². The number of benzene rings is 2. The zero-order valence-corrected chi connectivity index (χ0v) is 14.8. The molecule has 0 bridgehead atoms. The maximum Gasteiger partial charge on any atom is 0.197 e. The lowest BCUT2D eigenvalue weighted by Crippen LogP contribution is -2.10. The summed E-state index contributed by atoms with van der Waals surface area (Å²) in [6.45, 7) is 1.84. The number of carbonyl (C=O) groups is 2. The Labute approximate surface area is 146 Å². The lowest BCUT2D eigenvalue weighted by atomic mass is 9.95. The predicted octanol–water partition coefficient (Wildman–Crippen LogP) is 3.07. The molecule has 0 fully saturated rings. The van der Waals surface area contributed by atoms with E-state index in [1.807, 2.05) is 6.92 Å². The van der Waals surface area contributed by atoms with Gasteiger partial charge in [0.05, 0.1) is 39.6 Å². The Kier molecular flexibility index (Phi) is 5.64. The van der Waals surface area contributed by atoms with Crippen LogP contribution < -0.4 is 18.9 Å². The molecule has 0 heterocycles. The summed E-state index contributed by atoms with van der Waals surface area (Å²) in [6.07, 6.45) is 0.588. The molecule has 0 aliphatic rings. The van der Waals surface area contributed by atoms with Gasteiger partial charge in [0.15, 0.2) is 23.6 Å². The zero-order valence-electron chi connectivity index (χ0n) is 14.8. The lowest BCUT2D eigenvalue weighted by molar-refractivity contribution is 0.102. The number of methoxy groups -OCH3 is 4. The fraction of sp³-hybridized carbons (Fsp3) is 0.263. The largest absolute Gasteiger partial charge is 0.497 e. The van der Waals surface area contributed by atoms with Gasteiger partial charge in [-0.05, 0) is 30.7 Å². The van der Waals surface area contributed by atoms with Crippen molar-refractivity contribution in [2.45, 2.75) is 6.92 Å². The number of hydrogen-bond acceptors (Lipinski definition) is 6. The highest BCUT2D eigenvalue weighted by molar-refractivity contribution is 6.15. The molecule has 0 aliphatic carbocycles. The molecule has 2 aromatic rings. The fourth-order valence-corrected chi connectivity index (χ4v) is 2.61. The van der Waals surface area contributed by atoms with Gasteiger partial charge < -0.3 is 18.9 Å². The monoisotopic (exact) mass is 344 g/mol. The van der Waals surface area contributed by atoms with Gasteiger partial charge in [-0.25, -0.2) is 0 Å². The van der Waals surface area contributed by atoms with Crippen molar-refractivity contribution in [3.63, 3.8) is 0 Å². The maximum atomic E-state index is 13.2. The van der Waals surface area contributed by atoms with Crippen LogP contribution in [-0.4, -0.2) is 40.5 Å². The zero-order chi connectivity index (χ0) is 18.6. The van der Waals surface area contributed by atoms with Crippen LogP contribution in [0.5, 0.6) is 23.0 Å². The smallest absolute Gasteiger partial charge is 0.197 e.